The third-order valence-electron chi connectivity index (χ3n) is 2.44. The van der Waals surface area contributed by atoms with Crippen LogP contribution in [0, 0.1) is 20.8 Å². The molecule has 2 rings (SSSR count). The minimum absolute atomic E-state index is 0.343. The molecule has 0 spiro atoms. The number of aryl methyl sites for hydroxylation is 3. The van der Waals surface area contributed by atoms with Gasteiger partial charge in [0.05, 0.1) is 5.56 Å². The molecule has 0 unspecified atom stereocenters. The summed E-state index contributed by atoms with van der Waals surface area (Å²) in [6.45, 7) is 5.92. The van der Waals surface area contributed by atoms with E-state index in [1.807, 2.05) is 33.0 Å². The Hall–Kier alpha value is -1.53. The minimum Gasteiger partial charge on any atom is -0.389 e. The number of pyridine rings is 1. The molecule has 2 aromatic heterocycles. The lowest BCUT2D eigenvalue weighted by Gasteiger charge is -2.12. The van der Waals surface area contributed by atoms with Crippen LogP contribution >= 0.6 is 23.6 Å². The molecule has 3 N–H and O–H groups in total. The van der Waals surface area contributed by atoms with E-state index in [4.69, 9.17) is 18.0 Å². The first kappa shape index (κ1) is 12.9. The van der Waals surface area contributed by atoms with Crippen molar-refractivity contribution in [2.45, 2.75) is 20.8 Å². The van der Waals surface area contributed by atoms with Crippen LogP contribution in [0.3, 0.4) is 0 Å². The molecule has 0 aliphatic heterocycles. The maximum atomic E-state index is 5.76. The highest BCUT2D eigenvalue weighted by molar-refractivity contribution is 7.80. The zero-order chi connectivity index (χ0) is 13.3. The van der Waals surface area contributed by atoms with Crippen LogP contribution in [0.2, 0.25) is 0 Å². The van der Waals surface area contributed by atoms with Gasteiger partial charge in [0.1, 0.15) is 10.8 Å². The van der Waals surface area contributed by atoms with Crippen molar-refractivity contribution in [2.24, 2.45) is 5.73 Å². The van der Waals surface area contributed by atoms with Crippen molar-refractivity contribution >= 4 is 39.5 Å². The molecule has 94 valence electrons. The van der Waals surface area contributed by atoms with Crippen LogP contribution in [0.25, 0.3) is 0 Å². The number of nitrogens with two attached hydrogens (primary N) is 1. The van der Waals surface area contributed by atoms with Gasteiger partial charge < -0.3 is 11.1 Å². The number of nitrogens with one attached hydrogen (secondary N) is 1. The highest BCUT2D eigenvalue weighted by Gasteiger charge is 2.12. The molecule has 0 fully saturated rings. The molecule has 0 atom stereocenters. The normalized spacial score (nSPS) is 10.4. The molecule has 0 bridgehead atoms. The first-order chi connectivity index (χ1) is 8.47. The van der Waals surface area contributed by atoms with Gasteiger partial charge in [0.2, 0.25) is 0 Å². The topological polar surface area (TPSA) is 63.8 Å². The summed E-state index contributed by atoms with van der Waals surface area (Å²) < 4.78 is 0. The first-order valence-corrected chi connectivity index (χ1v) is 6.67. The van der Waals surface area contributed by atoms with Crippen LogP contribution in [0.5, 0.6) is 0 Å². The second-order valence-electron chi connectivity index (χ2n) is 4.07. The van der Waals surface area contributed by atoms with Gasteiger partial charge in [-0.3, -0.25) is 0 Å². The van der Waals surface area contributed by atoms with E-state index in [1.165, 1.54) is 0 Å². The summed E-state index contributed by atoms with van der Waals surface area (Å²) in [6.07, 6.45) is 1.82. The molecule has 2 heterocycles. The van der Waals surface area contributed by atoms with Crippen molar-refractivity contribution in [1.82, 2.24) is 9.97 Å². The SMILES string of the molecule is Cc1cc(C)c(C(N)=S)c(Nc2ncc(C)s2)n1. The lowest BCUT2D eigenvalue weighted by molar-refractivity contribution is 1.16. The van der Waals surface area contributed by atoms with Crippen molar-refractivity contribution in [3.8, 4) is 0 Å². The molecular formula is C12H14N4S2. The van der Waals surface area contributed by atoms with Gasteiger partial charge in [0.15, 0.2) is 5.13 Å². The van der Waals surface area contributed by atoms with Gasteiger partial charge in [-0.15, -0.1) is 11.3 Å². The predicted octanol–water partition coefficient (Wildman–Crippen LogP) is 2.84. The largest absolute Gasteiger partial charge is 0.389 e. The number of hydrogen-bond acceptors (Lipinski definition) is 5. The zero-order valence-corrected chi connectivity index (χ0v) is 12.1. The van der Waals surface area contributed by atoms with Crippen molar-refractivity contribution in [2.75, 3.05) is 5.32 Å². The molecular weight excluding hydrogens is 264 g/mol. The highest BCUT2D eigenvalue weighted by Crippen LogP contribution is 2.25. The lowest BCUT2D eigenvalue weighted by Crippen LogP contribution is -2.15. The number of rotatable bonds is 3. The fraction of sp³-hybridized carbons (Fsp3) is 0.250. The number of thiazole rings is 1. The Morgan fingerprint density at radius 1 is 1.39 bits per heavy atom. The average Bonchev–Trinajstić information content (AvgIpc) is 2.62. The van der Waals surface area contributed by atoms with Crippen LogP contribution in [0.4, 0.5) is 10.9 Å². The number of anilines is 2. The van der Waals surface area contributed by atoms with E-state index >= 15 is 0 Å². The summed E-state index contributed by atoms with van der Waals surface area (Å²) in [4.78, 5) is 10.2. The standard InChI is InChI=1S/C12H14N4S2/c1-6-4-7(2)15-11(9(6)10(13)17)16-12-14-5-8(3)18-12/h4-5H,1-3H3,(H2,13,17)(H,14,15,16). The fourth-order valence-corrected chi connectivity index (χ4v) is 2.67. The minimum atomic E-state index is 0.343. The van der Waals surface area contributed by atoms with Crippen molar-refractivity contribution in [3.63, 3.8) is 0 Å². The van der Waals surface area contributed by atoms with Gasteiger partial charge in [0.25, 0.3) is 0 Å². The quantitative estimate of drug-likeness (QED) is 0.845. The second-order valence-corrected chi connectivity index (χ2v) is 5.74. The molecule has 2 aromatic rings. The summed E-state index contributed by atoms with van der Waals surface area (Å²) in [7, 11) is 0. The smallest absolute Gasteiger partial charge is 0.188 e. The van der Waals surface area contributed by atoms with Gasteiger partial charge in [-0.2, -0.15) is 0 Å². The van der Waals surface area contributed by atoms with Crippen LogP contribution in [-0.4, -0.2) is 15.0 Å². The monoisotopic (exact) mass is 278 g/mol. The van der Waals surface area contributed by atoms with E-state index in [-0.39, 0.29) is 0 Å². The Bertz CT molecular complexity index is 604. The molecule has 0 saturated heterocycles. The van der Waals surface area contributed by atoms with Crippen molar-refractivity contribution in [3.05, 3.63) is 34.0 Å². The Balaban J connectivity index is 2.45. The first-order valence-electron chi connectivity index (χ1n) is 5.45. The Morgan fingerprint density at radius 2 is 2.11 bits per heavy atom. The molecule has 6 heteroatoms. The van der Waals surface area contributed by atoms with E-state index < -0.39 is 0 Å². The number of aromatic nitrogens is 2. The van der Waals surface area contributed by atoms with E-state index in [0.717, 1.165) is 26.8 Å². The average molecular weight is 278 g/mol. The molecule has 18 heavy (non-hydrogen) atoms. The predicted molar refractivity (Wildman–Crippen MR) is 79.7 cm³/mol. The van der Waals surface area contributed by atoms with Crippen molar-refractivity contribution in [1.29, 1.82) is 0 Å². The summed E-state index contributed by atoms with van der Waals surface area (Å²) in [5.41, 5.74) is 8.48. The van der Waals surface area contributed by atoms with Crippen LogP contribution < -0.4 is 11.1 Å². The molecule has 0 aliphatic rings. The summed E-state index contributed by atoms with van der Waals surface area (Å²) in [6, 6.07) is 1.97. The van der Waals surface area contributed by atoms with Gasteiger partial charge in [-0.05, 0) is 32.4 Å². The Labute approximate surface area is 115 Å². The van der Waals surface area contributed by atoms with Crippen LogP contribution in [0.1, 0.15) is 21.7 Å². The zero-order valence-electron chi connectivity index (χ0n) is 10.4. The Kier molecular flexibility index (Phi) is 3.58. The van der Waals surface area contributed by atoms with Gasteiger partial charge in [-0.25, -0.2) is 9.97 Å². The highest BCUT2D eigenvalue weighted by atomic mass is 32.1. The van der Waals surface area contributed by atoms with Gasteiger partial charge in [0, 0.05) is 16.8 Å². The van der Waals surface area contributed by atoms with Crippen LogP contribution in [-0.2, 0) is 0 Å². The maximum absolute atomic E-state index is 5.76. The molecule has 0 aromatic carbocycles. The summed E-state index contributed by atoms with van der Waals surface area (Å²) in [5.74, 6) is 0.675. The van der Waals surface area contributed by atoms with E-state index in [1.54, 1.807) is 11.3 Å². The van der Waals surface area contributed by atoms with Crippen molar-refractivity contribution < 1.29 is 0 Å². The maximum Gasteiger partial charge on any atom is 0.188 e. The van der Waals surface area contributed by atoms with E-state index in [0.29, 0.717) is 10.8 Å². The lowest BCUT2D eigenvalue weighted by atomic mass is 10.1. The van der Waals surface area contributed by atoms with Gasteiger partial charge >= 0.3 is 0 Å². The number of hydrogen-bond donors (Lipinski definition) is 2. The fourth-order valence-electron chi connectivity index (χ4n) is 1.75. The molecule has 0 radical (unpaired) electrons. The Morgan fingerprint density at radius 3 is 2.67 bits per heavy atom. The summed E-state index contributed by atoms with van der Waals surface area (Å²) in [5, 5.41) is 3.98. The molecule has 0 aliphatic carbocycles. The third-order valence-corrected chi connectivity index (χ3v) is 3.47. The number of nitrogens with zero attached hydrogens (tertiary/aromatic N) is 2. The molecule has 4 nitrogen and oxygen atoms in total. The third kappa shape index (κ3) is 2.65. The molecule has 0 saturated carbocycles. The van der Waals surface area contributed by atoms with E-state index in [9.17, 15) is 0 Å². The van der Waals surface area contributed by atoms with Gasteiger partial charge in [-0.1, -0.05) is 12.2 Å². The van der Waals surface area contributed by atoms with E-state index in [2.05, 4.69) is 15.3 Å². The second kappa shape index (κ2) is 4.99. The summed E-state index contributed by atoms with van der Waals surface area (Å²) >= 11 is 6.65. The number of thiocarbonyl (C=S) groups is 1. The van der Waals surface area contributed by atoms with Crippen LogP contribution in [0.15, 0.2) is 12.3 Å². The molecule has 0 amide bonds.